The summed E-state index contributed by atoms with van der Waals surface area (Å²) >= 11 is 0. The monoisotopic (exact) mass is 375 g/mol. The van der Waals surface area contributed by atoms with Crippen molar-refractivity contribution in [3.63, 3.8) is 0 Å². The van der Waals surface area contributed by atoms with E-state index >= 15 is 0 Å². The van der Waals surface area contributed by atoms with Gasteiger partial charge in [-0.15, -0.1) is 0 Å². The van der Waals surface area contributed by atoms with Crippen LogP contribution in [0.1, 0.15) is 36.0 Å². The second-order valence-electron chi connectivity index (χ2n) is 6.14. The lowest BCUT2D eigenvalue weighted by Gasteiger charge is -2.14. The van der Waals surface area contributed by atoms with Gasteiger partial charge in [0.25, 0.3) is 10.0 Å². The number of benzene rings is 2. The van der Waals surface area contributed by atoms with Crippen LogP contribution in [-0.4, -0.2) is 27.6 Å². The molecule has 2 aromatic carbocycles. The van der Waals surface area contributed by atoms with Crippen LogP contribution in [0.2, 0.25) is 0 Å². The molecule has 0 spiro atoms. The van der Waals surface area contributed by atoms with Crippen molar-refractivity contribution < 1.29 is 22.7 Å². The fourth-order valence-electron chi connectivity index (χ4n) is 2.96. The number of anilines is 1. The van der Waals surface area contributed by atoms with Crippen molar-refractivity contribution in [3.05, 3.63) is 54.1 Å². The zero-order valence-electron chi connectivity index (χ0n) is 14.5. The van der Waals surface area contributed by atoms with Crippen LogP contribution in [0.15, 0.2) is 53.4 Å². The first-order valence-corrected chi connectivity index (χ1v) is 9.95. The topological polar surface area (TPSA) is 81.7 Å². The summed E-state index contributed by atoms with van der Waals surface area (Å²) in [7, 11) is -2.59. The minimum absolute atomic E-state index is 0.0935. The molecule has 0 unspecified atom stereocenters. The van der Waals surface area contributed by atoms with E-state index in [1.807, 2.05) is 0 Å². The third kappa shape index (κ3) is 4.16. The average Bonchev–Trinajstić information content (AvgIpc) is 3.15. The van der Waals surface area contributed by atoms with E-state index in [1.54, 1.807) is 24.3 Å². The number of esters is 1. The van der Waals surface area contributed by atoms with Gasteiger partial charge in [0.2, 0.25) is 0 Å². The zero-order chi connectivity index (χ0) is 18.6. The molecule has 0 saturated heterocycles. The van der Waals surface area contributed by atoms with E-state index in [2.05, 4.69) is 9.46 Å². The second kappa shape index (κ2) is 7.78. The van der Waals surface area contributed by atoms with E-state index in [0.29, 0.717) is 5.75 Å². The molecule has 7 heteroatoms. The Hall–Kier alpha value is -2.54. The third-order valence-corrected chi connectivity index (χ3v) is 5.70. The van der Waals surface area contributed by atoms with Gasteiger partial charge < -0.3 is 9.47 Å². The van der Waals surface area contributed by atoms with Crippen LogP contribution >= 0.6 is 0 Å². The SMILES string of the molecule is COC(=O)c1ccccc1NS(=O)(=O)c1ccc(OC2CCCC2)cc1. The maximum absolute atomic E-state index is 12.6. The molecule has 0 aromatic heterocycles. The Morgan fingerprint density at radius 1 is 1.04 bits per heavy atom. The van der Waals surface area contributed by atoms with Crippen molar-refractivity contribution in [1.29, 1.82) is 0 Å². The highest BCUT2D eigenvalue weighted by Crippen LogP contribution is 2.26. The lowest BCUT2D eigenvalue weighted by molar-refractivity contribution is 0.0602. The molecule has 1 N–H and O–H groups in total. The standard InChI is InChI=1S/C19H21NO5S/c1-24-19(21)17-8-4-5-9-18(17)20-26(22,23)16-12-10-15(11-13-16)25-14-6-2-3-7-14/h4-5,8-14,20H,2-3,6-7H2,1H3. The summed E-state index contributed by atoms with van der Waals surface area (Å²) in [6.45, 7) is 0. The number of sulfonamides is 1. The molecule has 1 saturated carbocycles. The number of methoxy groups -OCH3 is 1. The first-order chi connectivity index (χ1) is 12.5. The van der Waals surface area contributed by atoms with Gasteiger partial charge in [0.05, 0.1) is 29.4 Å². The molecular formula is C19H21NO5S. The summed E-state index contributed by atoms with van der Waals surface area (Å²) in [5, 5.41) is 0. The summed E-state index contributed by atoms with van der Waals surface area (Å²) in [6, 6.07) is 12.6. The smallest absolute Gasteiger partial charge is 0.339 e. The maximum atomic E-state index is 12.6. The number of nitrogens with one attached hydrogen (secondary N) is 1. The largest absolute Gasteiger partial charge is 0.490 e. The van der Waals surface area contributed by atoms with Gasteiger partial charge in [-0.1, -0.05) is 12.1 Å². The van der Waals surface area contributed by atoms with Gasteiger partial charge in [-0.25, -0.2) is 13.2 Å². The number of carbonyl (C=O) groups is 1. The molecule has 0 aliphatic heterocycles. The summed E-state index contributed by atoms with van der Waals surface area (Å²) in [5.41, 5.74) is 0.324. The molecule has 2 aromatic rings. The molecule has 1 aliphatic carbocycles. The van der Waals surface area contributed by atoms with Crippen LogP contribution in [-0.2, 0) is 14.8 Å². The number of hydrogen-bond donors (Lipinski definition) is 1. The molecule has 26 heavy (non-hydrogen) atoms. The zero-order valence-corrected chi connectivity index (χ0v) is 15.3. The van der Waals surface area contributed by atoms with E-state index < -0.39 is 16.0 Å². The molecule has 138 valence electrons. The van der Waals surface area contributed by atoms with E-state index in [1.165, 1.54) is 44.2 Å². The first-order valence-electron chi connectivity index (χ1n) is 8.46. The highest BCUT2D eigenvalue weighted by Gasteiger charge is 2.20. The Morgan fingerprint density at radius 2 is 1.69 bits per heavy atom. The Kier molecular flexibility index (Phi) is 5.46. The van der Waals surface area contributed by atoms with Crippen LogP contribution < -0.4 is 9.46 Å². The minimum Gasteiger partial charge on any atom is -0.490 e. The van der Waals surface area contributed by atoms with Crippen LogP contribution in [0.25, 0.3) is 0 Å². The van der Waals surface area contributed by atoms with Crippen molar-refractivity contribution in [3.8, 4) is 5.75 Å². The van der Waals surface area contributed by atoms with E-state index in [9.17, 15) is 13.2 Å². The number of para-hydroxylation sites is 1. The van der Waals surface area contributed by atoms with Crippen molar-refractivity contribution in [2.75, 3.05) is 11.8 Å². The predicted molar refractivity (Wildman–Crippen MR) is 97.9 cm³/mol. The van der Waals surface area contributed by atoms with Crippen LogP contribution in [0.3, 0.4) is 0 Å². The van der Waals surface area contributed by atoms with E-state index in [-0.39, 0.29) is 22.3 Å². The van der Waals surface area contributed by atoms with Crippen molar-refractivity contribution in [2.24, 2.45) is 0 Å². The molecule has 0 heterocycles. The maximum Gasteiger partial charge on any atom is 0.339 e. The van der Waals surface area contributed by atoms with Gasteiger partial charge in [-0.2, -0.15) is 0 Å². The highest BCUT2D eigenvalue weighted by atomic mass is 32.2. The Morgan fingerprint density at radius 3 is 2.35 bits per heavy atom. The van der Waals surface area contributed by atoms with Crippen molar-refractivity contribution in [2.45, 2.75) is 36.7 Å². The quantitative estimate of drug-likeness (QED) is 0.780. The molecule has 0 bridgehead atoms. The van der Waals surface area contributed by atoms with E-state index in [0.717, 1.165) is 12.8 Å². The fourth-order valence-corrected chi connectivity index (χ4v) is 4.04. The van der Waals surface area contributed by atoms with Gasteiger partial charge in [0.1, 0.15) is 5.75 Å². The molecule has 6 nitrogen and oxygen atoms in total. The second-order valence-corrected chi connectivity index (χ2v) is 7.82. The Bertz CT molecular complexity index is 871. The minimum atomic E-state index is -3.83. The molecule has 3 rings (SSSR count). The number of hydrogen-bond acceptors (Lipinski definition) is 5. The lowest BCUT2D eigenvalue weighted by Crippen LogP contribution is -2.16. The lowest BCUT2D eigenvalue weighted by atomic mass is 10.2. The van der Waals surface area contributed by atoms with Gasteiger partial charge in [0.15, 0.2) is 0 Å². The molecule has 0 atom stereocenters. The predicted octanol–water partition coefficient (Wildman–Crippen LogP) is 3.60. The van der Waals surface area contributed by atoms with Crippen LogP contribution in [0.5, 0.6) is 5.75 Å². The third-order valence-electron chi connectivity index (χ3n) is 4.32. The molecular weight excluding hydrogens is 354 g/mol. The number of rotatable bonds is 6. The summed E-state index contributed by atoms with van der Waals surface area (Å²) < 4.78 is 38.2. The fraction of sp³-hybridized carbons (Fsp3) is 0.316. The summed E-state index contributed by atoms with van der Waals surface area (Å²) in [5.74, 6) is 0.0504. The summed E-state index contributed by atoms with van der Waals surface area (Å²) in [6.07, 6.45) is 4.61. The number of ether oxygens (including phenoxy) is 2. The van der Waals surface area contributed by atoms with Gasteiger partial charge in [-0.05, 0) is 62.1 Å². The molecule has 0 amide bonds. The molecule has 1 aliphatic rings. The van der Waals surface area contributed by atoms with Crippen molar-refractivity contribution >= 4 is 21.7 Å². The van der Waals surface area contributed by atoms with Gasteiger partial charge >= 0.3 is 5.97 Å². The van der Waals surface area contributed by atoms with Crippen molar-refractivity contribution in [1.82, 2.24) is 0 Å². The van der Waals surface area contributed by atoms with Gasteiger partial charge in [-0.3, -0.25) is 4.72 Å². The Labute approximate surface area is 153 Å². The Balaban J connectivity index is 1.77. The first kappa shape index (κ1) is 18.3. The number of carbonyl (C=O) groups excluding carboxylic acids is 1. The van der Waals surface area contributed by atoms with E-state index in [4.69, 9.17) is 4.74 Å². The normalized spacial score (nSPS) is 14.8. The van der Waals surface area contributed by atoms with Crippen LogP contribution in [0, 0.1) is 0 Å². The molecule has 0 radical (unpaired) electrons. The summed E-state index contributed by atoms with van der Waals surface area (Å²) in [4.78, 5) is 11.9. The molecule has 1 fully saturated rings. The van der Waals surface area contributed by atoms with Crippen LogP contribution in [0.4, 0.5) is 5.69 Å². The van der Waals surface area contributed by atoms with Gasteiger partial charge in [0, 0.05) is 0 Å². The highest BCUT2D eigenvalue weighted by molar-refractivity contribution is 7.92. The average molecular weight is 375 g/mol.